The molecule has 1 N–H and O–H groups in total. The van der Waals surface area contributed by atoms with Gasteiger partial charge < -0.3 is 10.2 Å². The van der Waals surface area contributed by atoms with E-state index < -0.39 is 11.9 Å². The average Bonchev–Trinajstić information content (AvgIpc) is 3.37. The summed E-state index contributed by atoms with van der Waals surface area (Å²) in [7, 11) is 0. The Morgan fingerprint density at radius 2 is 1.64 bits per heavy atom. The number of halogens is 3. The van der Waals surface area contributed by atoms with Crippen molar-refractivity contribution in [1.29, 1.82) is 0 Å². The van der Waals surface area contributed by atoms with E-state index in [0.29, 0.717) is 22.0 Å². The predicted octanol–water partition coefficient (Wildman–Crippen LogP) is 6.37. The van der Waals surface area contributed by atoms with Gasteiger partial charge in [0, 0.05) is 29.1 Å². The van der Waals surface area contributed by atoms with Gasteiger partial charge >= 0.3 is 0 Å². The summed E-state index contributed by atoms with van der Waals surface area (Å²) in [4.78, 5) is 28.9. The molecule has 7 heteroatoms. The van der Waals surface area contributed by atoms with Gasteiger partial charge in [0.15, 0.2) is 0 Å². The highest BCUT2D eigenvalue weighted by Crippen LogP contribution is 2.25. The van der Waals surface area contributed by atoms with Gasteiger partial charge in [0.25, 0.3) is 0 Å². The van der Waals surface area contributed by atoms with E-state index in [4.69, 9.17) is 23.2 Å². The fourth-order valence-corrected chi connectivity index (χ4v) is 5.13. The van der Waals surface area contributed by atoms with Gasteiger partial charge in [-0.1, -0.05) is 90.6 Å². The average molecular weight is 527 g/mol. The van der Waals surface area contributed by atoms with E-state index in [0.717, 1.165) is 31.2 Å². The molecule has 36 heavy (non-hydrogen) atoms. The monoisotopic (exact) mass is 526 g/mol. The molecule has 4 nitrogen and oxygen atoms in total. The van der Waals surface area contributed by atoms with Gasteiger partial charge in [-0.2, -0.15) is 0 Å². The minimum Gasteiger partial charge on any atom is -0.352 e. The second kappa shape index (κ2) is 12.4. The third kappa shape index (κ3) is 6.86. The van der Waals surface area contributed by atoms with Gasteiger partial charge in [0.1, 0.15) is 11.9 Å². The number of hydrogen-bond acceptors (Lipinski definition) is 2. The quantitative estimate of drug-likeness (QED) is 0.352. The van der Waals surface area contributed by atoms with Crippen LogP contribution in [-0.4, -0.2) is 28.8 Å². The molecule has 188 valence electrons. The molecule has 0 radical (unpaired) electrons. The highest BCUT2D eigenvalue weighted by Gasteiger charge is 2.32. The minimum atomic E-state index is -0.793. The van der Waals surface area contributed by atoms with Crippen LogP contribution in [0.3, 0.4) is 0 Å². The Morgan fingerprint density at radius 1 is 0.944 bits per heavy atom. The zero-order valence-electron chi connectivity index (χ0n) is 19.9. The van der Waals surface area contributed by atoms with Crippen molar-refractivity contribution in [3.05, 3.63) is 105 Å². The Morgan fingerprint density at radius 3 is 2.33 bits per heavy atom. The number of nitrogens with zero attached hydrogens (tertiary/aromatic N) is 1. The van der Waals surface area contributed by atoms with E-state index in [2.05, 4.69) is 5.32 Å². The van der Waals surface area contributed by atoms with Crippen LogP contribution in [0.25, 0.3) is 0 Å². The highest BCUT2D eigenvalue weighted by molar-refractivity contribution is 6.35. The molecule has 1 aliphatic rings. The Hall–Kier alpha value is -2.89. The van der Waals surface area contributed by atoms with Crippen molar-refractivity contribution in [2.24, 2.45) is 0 Å². The van der Waals surface area contributed by atoms with Crippen molar-refractivity contribution in [1.82, 2.24) is 10.2 Å². The van der Waals surface area contributed by atoms with Crippen molar-refractivity contribution in [2.75, 3.05) is 0 Å². The van der Waals surface area contributed by atoms with Crippen molar-refractivity contribution >= 4 is 35.0 Å². The molecule has 0 heterocycles. The van der Waals surface area contributed by atoms with E-state index >= 15 is 0 Å². The smallest absolute Gasteiger partial charge is 0.243 e. The SMILES string of the molecule is O=C(NC1CCCC1)[C@H](Cc1ccccc1)N(Cc1ccc(Cl)cc1Cl)C(=O)Cc1ccccc1F. The molecule has 0 unspecified atom stereocenters. The number of carbonyl (C=O) groups excluding carboxylic acids is 2. The number of amides is 2. The van der Waals surface area contributed by atoms with Crippen LogP contribution in [0, 0.1) is 5.82 Å². The molecule has 1 saturated carbocycles. The van der Waals surface area contributed by atoms with Gasteiger partial charge in [-0.05, 0) is 47.7 Å². The second-order valence-electron chi connectivity index (χ2n) is 9.22. The second-order valence-corrected chi connectivity index (χ2v) is 10.1. The lowest BCUT2D eigenvalue weighted by molar-refractivity contribution is -0.141. The highest BCUT2D eigenvalue weighted by atomic mass is 35.5. The third-order valence-corrected chi connectivity index (χ3v) is 7.21. The number of hydrogen-bond donors (Lipinski definition) is 1. The maximum Gasteiger partial charge on any atom is 0.243 e. The lowest BCUT2D eigenvalue weighted by Gasteiger charge is -2.32. The zero-order chi connectivity index (χ0) is 25.5. The molecule has 0 spiro atoms. The van der Waals surface area contributed by atoms with Gasteiger partial charge in [-0.25, -0.2) is 4.39 Å². The largest absolute Gasteiger partial charge is 0.352 e. The first kappa shape index (κ1) is 26.2. The Kier molecular flexibility index (Phi) is 9.00. The van der Waals surface area contributed by atoms with E-state index in [-0.39, 0.29) is 36.4 Å². The molecule has 0 saturated heterocycles. The molecule has 1 atom stereocenters. The standard InChI is InChI=1S/C29H29Cl2FN2O2/c30-23-15-14-22(25(31)18-23)19-34(28(35)17-21-10-4-7-13-26(21)32)27(16-20-8-2-1-3-9-20)29(36)33-24-11-5-6-12-24/h1-4,7-10,13-15,18,24,27H,5-6,11-12,16-17,19H2,(H,33,36)/t27-/m0/s1. The molecule has 0 aromatic heterocycles. The van der Waals surface area contributed by atoms with E-state index in [9.17, 15) is 14.0 Å². The van der Waals surface area contributed by atoms with Crippen LogP contribution < -0.4 is 5.32 Å². The van der Waals surface area contributed by atoms with Crippen LogP contribution in [0.15, 0.2) is 72.8 Å². The molecule has 2 amide bonds. The first-order valence-corrected chi connectivity index (χ1v) is 13.0. The molecular formula is C29H29Cl2FN2O2. The van der Waals surface area contributed by atoms with E-state index in [1.54, 1.807) is 36.4 Å². The van der Waals surface area contributed by atoms with E-state index in [1.807, 2.05) is 30.3 Å². The number of benzene rings is 3. The summed E-state index contributed by atoms with van der Waals surface area (Å²) >= 11 is 12.5. The van der Waals surface area contributed by atoms with Gasteiger partial charge in [0.05, 0.1) is 6.42 Å². The summed E-state index contributed by atoms with van der Waals surface area (Å²) in [6.45, 7) is 0.0961. The summed E-state index contributed by atoms with van der Waals surface area (Å²) < 4.78 is 14.4. The Bertz CT molecular complexity index is 1200. The zero-order valence-corrected chi connectivity index (χ0v) is 21.4. The van der Waals surface area contributed by atoms with Crippen molar-refractivity contribution in [3.63, 3.8) is 0 Å². The normalized spacial score (nSPS) is 14.4. The summed E-state index contributed by atoms with van der Waals surface area (Å²) in [5.74, 6) is -1.02. The molecule has 0 bridgehead atoms. The molecule has 0 aliphatic heterocycles. The fraction of sp³-hybridized carbons (Fsp3) is 0.310. The lowest BCUT2D eigenvalue weighted by atomic mass is 10.0. The molecule has 4 rings (SSSR count). The van der Waals surface area contributed by atoms with Crippen LogP contribution >= 0.6 is 23.2 Å². The molecular weight excluding hydrogens is 498 g/mol. The minimum absolute atomic E-state index is 0.0958. The maximum absolute atomic E-state index is 14.4. The number of carbonyl (C=O) groups is 2. The Labute approximate surface area is 221 Å². The van der Waals surface area contributed by atoms with Crippen LogP contribution in [0.5, 0.6) is 0 Å². The van der Waals surface area contributed by atoms with Crippen molar-refractivity contribution < 1.29 is 14.0 Å². The van der Waals surface area contributed by atoms with Crippen molar-refractivity contribution in [3.8, 4) is 0 Å². The molecule has 1 fully saturated rings. The summed E-state index contributed by atoms with van der Waals surface area (Å²) in [6.07, 6.45) is 4.16. The topological polar surface area (TPSA) is 49.4 Å². The van der Waals surface area contributed by atoms with E-state index in [1.165, 1.54) is 11.0 Å². The maximum atomic E-state index is 14.4. The third-order valence-electron chi connectivity index (χ3n) is 6.63. The first-order valence-electron chi connectivity index (χ1n) is 12.2. The summed E-state index contributed by atoms with van der Waals surface area (Å²) in [6, 6.07) is 20.2. The lowest BCUT2D eigenvalue weighted by Crippen LogP contribution is -2.52. The predicted molar refractivity (Wildman–Crippen MR) is 141 cm³/mol. The number of rotatable bonds is 9. The van der Waals surface area contributed by atoms with Gasteiger partial charge in [0.2, 0.25) is 11.8 Å². The van der Waals surface area contributed by atoms with Crippen molar-refractivity contribution in [2.45, 2.75) is 57.2 Å². The molecule has 1 aliphatic carbocycles. The van der Waals surface area contributed by atoms with Crippen LogP contribution in [0.4, 0.5) is 4.39 Å². The summed E-state index contributed by atoms with van der Waals surface area (Å²) in [5.41, 5.74) is 1.87. The fourth-order valence-electron chi connectivity index (χ4n) is 4.66. The number of nitrogens with one attached hydrogen (secondary N) is 1. The Balaban J connectivity index is 1.69. The van der Waals surface area contributed by atoms with Crippen LogP contribution in [0.2, 0.25) is 10.0 Å². The first-order chi connectivity index (χ1) is 17.4. The van der Waals surface area contributed by atoms with Gasteiger partial charge in [-0.15, -0.1) is 0 Å². The molecule has 3 aromatic carbocycles. The van der Waals surface area contributed by atoms with Gasteiger partial charge in [-0.3, -0.25) is 9.59 Å². The molecule has 3 aromatic rings. The summed E-state index contributed by atoms with van der Waals surface area (Å²) in [5, 5.41) is 4.04. The van der Waals surface area contributed by atoms with Crippen LogP contribution in [0.1, 0.15) is 42.4 Å². The van der Waals surface area contributed by atoms with Crippen LogP contribution in [-0.2, 0) is 29.0 Å².